The summed E-state index contributed by atoms with van der Waals surface area (Å²) in [7, 11) is -3.66. The molecule has 0 aliphatic carbocycles. The van der Waals surface area contributed by atoms with Crippen molar-refractivity contribution < 1.29 is 8.42 Å². The zero-order valence-electron chi connectivity index (χ0n) is 14.2. The molecule has 6 heteroatoms. The Hall–Kier alpha value is -2.24. The highest BCUT2D eigenvalue weighted by Crippen LogP contribution is 2.24. The summed E-state index contributed by atoms with van der Waals surface area (Å²) in [6.07, 6.45) is 0. The fourth-order valence-electron chi connectivity index (χ4n) is 2.80. The molecular formula is C19H19ClN2O2S. The molecule has 0 spiro atoms. The van der Waals surface area contributed by atoms with E-state index in [-0.39, 0.29) is 4.90 Å². The maximum Gasteiger partial charge on any atom is 0.261 e. The normalized spacial score (nSPS) is 11.5. The number of benzene rings is 2. The lowest BCUT2D eigenvalue weighted by atomic mass is 10.2. The summed E-state index contributed by atoms with van der Waals surface area (Å²) in [6.45, 7) is 5.84. The van der Waals surface area contributed by atoms with Crippen LogP contribution in [0.1, 0.15) is 17.0 Å². The highest BCUT2D eigenvalue weighted by molar-refractivity contribution is 7.92. The van der Waals surface area contributed by atoms with Gasteiger partial charge in [0.1, 0.15) is 0 Å². The molecule has 0 saturated heterocycles. The number of sulfonamides is 1. The molecule has 2 aromatic carbocycles. The van der Waals surface area contributed by atoms with Crippen molar-refractivity contribution >= 4 is 27.3 Å². The highest BCUT2D eigenvalue weighted by atomic mass is 35.5. The summed E-state index contributed by atoms with van der Waals surface area (Å²) in [5.41, 5.74) is 4.42. The summed E-state index contributed by atoms with van der Waals surface area (Å²) < 4.78 is 29.9. The Labute approximate surface area is 153 Å². The molecule has 0 radical (unpaired) electrons. The van der Waals surface area contributed by atoms with Crippen molar-refractivity contribution in [1.82, 2.24) is 4.57 Å². The van der Waals surface area contributed by atoms with Crippen LogP contribution in [0.15, 0.2) is 59.5 Å². The van der Waals surface area contributed by atoms with Gasteiger partial charge in [-0.15, -0.1) is 0 Å². The van der Waals surface area contributed by atoms with E-state index in [9.17, 15) is 8.42 Å². The number of nitrogens with one attached hydrogen (secondary N) is 1. The molecule has 25 heavy (non-hydrogen) atoms. The van der Waals surface area contributed by atoms with E-state index in [1.165, 1.54) is 0 Å². The van der Waals surface area contributed by atoms with Crippen LogP contribution in [0.2, 0.25) is 5.02 Å². The summed E-state index contributed by atoms with van der Waals surface area (Å²) in [6, 6.07) is 16.0. The number of hydrogen-bond acceptors (Lipinski definition) is 2. The largest absolute Gasteiger partial charge is 0.319 e. The lowest BCUT2D eigenvalue weighted by Crippen LogP contribution is -2.14. The van der Waals surface area contributed by atoms with E-state index in [1.54, 1.807) is 30.3 Å². The van der Waals surface area contributed by atoms with E-state index in [4.69, 9.17) is 11.6 Å². The van der Waals surface area contributed by atoms with Gasteiger partial charge in [-0.2, -0.15) is 0 Å². The first kappa shape index (κ1) is 17.6. The van der Waals surface area contributed by atoms with Crippen molar-refractivity contribution in [2.75, 3.05) is 4.72 Å². The molecular weight excluding hydrogens is 356 g/mol. The highest BCUT2D eigenvalue weighted by Gasteiger charge is 2.16. The second kappa shape index (κ2) is 6.58. The van der Waals surface area contributed by atoms with Crippen molar-refractivity contribution in [2.24, 2.45) is 0 Å². The van der Waals surface area contributed by atoms with Crippen molar-refractivity contribution in [1.29, 1.82) is 0 Å². The number of aryl methyl sites for hydroxylation is 3. The molecule has 1 N–H and O–H groups in total. The summed E-state index contributed by atoms with van der Waals surface area (Å²) in [5.74, 6) is 0. The van der Waals surface area contributed by atoms with E-state index in [1.807, 2.05) is 45.0 Å². The van der Waals surface area contributed by atoms with Crippen LogP contribution in [-0.2, 0) is 10.0 Å². The van der Waals surface area contributed by atoms with Gasteiger partial charge in [0.05, 0.1) is 10.6 Å². The number of halogens is 1. The molecule has 0 fully saturated rings. The molecule has 0 atom stereocenters. The second-order valence-electron chi connectivity index (χ2n) is 6.01. The van der Waals surface area contributed by atoms with Crippen LogP contribution in [0, 0.1) is 20.8 Å². The molecule has 3 rings (SSSR count). The number of aromatic nitrogens is 1. The molecule has 4 nitrogen and oxygen atoms in total. The Morgan fingerprint density at radius 1 is 0.880 bits per heavy atom. The van der Waals surface area contributed by atoms with Gasteiger partial charge in [0.15, 0.2) is 0 Å². The molecule has 1 aromatic heterocycles. The van der Waals surface area contributed by atoms with Gasteiger partial charge in [-0.25, -0.2) is 8.42 Å². The van der Waals surface area contributed by atoms with E-state index in [2.05, 4.69) is 9.29 Å². The topological polar surface area (TPSA) is 51.1 Å². The maximum atomic E-state index is 12.6. The van der Waals surface area contributed by atoms with Crippen molar-refractivity contribution in [3.63, 3.8) is 0 Å². The van der Waals surface area contributed by atoms with Crippen LogP contribution < -0.4 is 4.72 Å². The maximum absolute atomic E-state index is 12.6. The Morgan fingerprint density at radius 3 is 2.04 bits per heavy atom. The first-order valence-electron chi connectivity index (χ1n) is 7.82. The molecule has 130 valence electrons. The van der Waals surface area contributed by atoms with Gasteiger partial charge in [-0.05, 0) is 80.9 Å². The van der Waals surface area contributed by atoms with E-state index >= 15 is 0 Å². The number of hydrogen-bond donors (Lipinski definition) is 1. The van der Waals surface area contributed by atoms with Crippen LogP contribution >= 0.6 is 11.6 Å². The first-order valence-corrected chi connectivity index (χ1v) is 9.68. The van der Waals surface area contributed by atoms with Crippen LogP contribution in [0.3, 0.4) is 0 Å². The van der Waals surface area contributed by atoms with Gasteiger partial charge in [0.25, 0.3) is 10.0 Å². The number of anilines is 1. The predicted molar refractivity (Wildman–Crippen MR) is 102 cm³/mol. The quantitative estimate of drug-likeness (QED) is 0.709. The molecule has 3 aromatic rings. The van der Waals surface area contributed by atoms with Crippen molar-refractivity contribution in [2.45, 2.75) is 25.7 Å². The molecule has 0 bridgehead atoms. The van der Waals surface area contributed by atoms with Crippen LogP contribution in [0.25, 0.3) is 5.69 Å². The Bertz CT molecular complexity index is 1000. The third-order valence-electron chi connectivity index (χ3n) is 4.11. The summed E-state index contributed by atoms with van der Waals surface area (Å²) in [4.78, 5) is 0.216. The summed E-state index contributed by atoms with van der Waals surface area (Å²) >= 11 is 5.92. The monoisotopic (exact) mass is 374 g/mol. The van der Waals surface area contributed by atoms with Gasteiger partial charge < -0.3 is 4.57 Å². The Morgan fingerprint density at radius 2 is 1.48 bits per heavy atom. The SMILES string of the molecule is Cc1cc(Cl)ccc1NS(=O)(=O)c1ccc(-n2c(C)ccc2C)cc1. The van der Waals surface area contributed by atoms with Gasteiger partial charge in [-0.1, -0.05) is 11.6 Å². The molecule has 0 aliphatic rings. The Balaban J connectivity index is 1.91. The van der Waals surface area contributed by atoms with Crippen molar-refractivity contribution in [3.05, 3.63) is 76.6 Å². The first-order chi connectivity index (χ1) is 11.8. The van der Waals surface area contributed by atoms with Gasteiger partial charge in [-0.3, -0.25) is 4.72 Å². The lowest BCUT2D eigenvalue weighted by molar-refractivity contribution is 0.601. The zero-order chi connectivity index (χ0) is 18.2. The zero-order valence-corrected chi connectivity index (χ0v) is 15.8. The third kappa shape index (κ3) is 3.57. The molecule has 0 saturated carbocycles. The van der Waals surface area contributed by atoms with E-state index < -0.39 is 10.0 Å². The average Bonchev–Trinajstić information content (AvgIpc) is 2.89. The van der Waals surface area contributed by atoms with E-state index in [0.29, 0.717) is 10.7 Å². The minimum Gasteiger partial charge on any atom is -0.319 e. The van der Waals surface area contributed by atoms with Gasteiger partial charge in [0, 0.05) is 22.1 Å². The second-order valence-corrected chi connectivity index (χ2v) is 8.13. The van der Waals surface area contributed by atoms with Gasteiger partial charge in [0.2, 0.25) is 0 Å². The minimum atomic E-state index is -3.66. The minimum absolute atomic E-state index is 0.216. The van der Waals surface area contributed by atoms with Crippen LogP contribution in [-0.4, -0.2) is 13.0 Å². The fraction of sp³-hybridized carbons (Fsp3) is 0.158. The fourth-order valence-corrected chi connectivity index (χ4v) is 4.15. The molecule has 1 heterocycles. The lowest BCUT2D eigenvalue weighted by Gasteiger charge is -2.13. The summed E-state index contributed by atoms with van der Waals surface area (Å²) in [5, 5.41) is 0.572. The van der Waals surface area contributed by atoms with Crippen molar-refractivity contribution in [3.8, 4) is 5.69 Å². The van der Waals surface area contributed by atoms with Gasteiger partial charge >= 0.3 is 0 Å². The van der Waals surface area contributed by atoms with Crippen LogP contribution in [0.5, 0.6) is 0 Å². The Kier molecular flexibility index (Phi) is 4.62. The molecule has 0 unspecified atom stereocenters. The molecule has 0 aliphatic heterocycles. The standard InChI is InChI=1S/C19H19ClN2O2S/c1-13-12-16(20)6-11-19(13)21-25(23,24)18-9-7-17(8-10-18)22-14(2)4-5-15(22)3/h4-12,21H,1-3H3. The average molecular weight is 375 g/mol. The molecule has 0 amide bonds. The predicted octanol–water partition coefficient (Wildman–Crippen LogP) is 4.86. The number of rotatable bonds is 4. The smallest absolute Gasteiger partial charge is 0.261 e. The van der Waals surface area contributed by atoms with E-state index in [0.717, 1.165) is 22.6 Å². The third-order valence-corrected chi connectivity index (χ3v) is 5.73. The number of nitrogens with zero attached hydrogens (tertiary/aromatic N) is 1. The van der Waals surface area contributed by atoms with Crippen LogP contribution in [0.4, 0.5) is 5.69 Å².